The topological polar surface area (TPSA) is 104 Å². The number of rotatable bonds is 5. The van der Waals surface area contributed by atoms with Gasteiger partial charge in [0, 0.05) is 54.7 Å². The van der Waals surface area contributed by atoms with E-state index in [1.54, 1.807) is 0 Å². The van der Waals surface area contributed by atoms with Crippen LogP contribution < -0.4 is 0 Å². The summed E-state index contributed by atoms with van der Waals surface area (Å²) in [7, 11) is 0. The molecule has 5 heterocycles. The van der Waals surface area contributed by atoms with Crippen LogP contribution in [0.15, 0.2) is 177 Å². The lowest BCUT2D eigenvalue weighted by Gasteiger charge is -2.10. The normalized spacial score (nSPS) is 11.9. The van der Waals surface area contributed by atoms with Gasteiger partial charge in [-0.15, -0.1) is 0 Å². The Morgan fingerprint density at radius 2 is 0.772 bits per heavy atom. The van der Waals surface area contributed by atoms with Gasteiger partial charge < -0.3 is 13.3 Å². The van der Waals surface area contributed by atoms with Gasteiger partial charge in [0.05, 0.1) is 0 Å². The van der Waals surface area contributed by atoms with Gasteiger partial charge >= 0.3 is 0 Å². The quantitative estimate of drug-likeness (QED) is 0.172. The molecular weight excluding hydrogens is 707 g/mol. The molecule has 8 nitrogen and oxygen atoms in total. The highest BCUT2D eigenvalue weighted by atomic mass is 16.3. The summed E-state index contributed by atoms with van der Waals surface area (Å²) in [5.74, 6) is 2.23. The Bertz CT molecular complexity index is 3530. The average molecular weight is 734 g/mol. The maximum atomic E-state index is 6.81. The summed E-state index contributed by atoms with van der Waals surface area (Å²) in [5, 5.41) is 4.66. The van der Waals surface area contributed by atoms with Crippen molar-refractivity contribution >= 4 is 65.9 Å². The number of para-hydroxylation sites is 3. The van der Waals surface area contributed by atoms with Crippen LogP contribution in [-0.4, -0.2) is 24.9 Å². The zero-order valence-electron chi connectivity index (χ0n) is 30.0. The summed E-state index contributed by atoms with van der Waals surface area (Å²) < 4.78 is 19.6. The van der Waals surface area contributed by atoms with Crippen molar-refractivity contribution in [3.8, 4) is 56.8 Å². The second-order valence-electron chi connectivity index (χ2n) is 14.0. The molecule has 0 bridgehead atoms. The van der Waals surface area contributed by atoms with Crippen molar-refractivity contribution in [1.29, 1.82) is 0 Å². The number of nitrogens with zero attached hydrogens (tertiary/aromatic N) is 5. The Kier molecular flexibility index (Phi) is 6.76. The molecule has 0 unspecified atom stereocenters. The van der Waals surface area contributed by atoms with E-state index < -0.39 is 0 Å². The van der Waals surface area contributed by atoms with E-state index in [-0.39, 0.29) is 0 Å². The van der Waals surface area contributed by atoms with Crippen molar-refractivity contribution in [3.63, 3.8) is 0 Å². The van der Waals surface area contributed by atoms with Crippen molar-refractivity contribution in [2.45, 2.75) is 0 Å². The highest BCUT2D eigenvalue weighted by Crippen LogP contribution is 2.43. The number of furan rings is 3. The van der Waals surface area contributed by atoms with Crippen molar-refractivity contribution in [1.82, 2.24) is 24.9 Å². The van der Waals surface area contributed by atoms with E-state index in [0.29, 0.717) is 45.7 Å². The molecule has 12 aromatic rings. The minimum Gasteiger partial charge on any atom is -0.456 e. The monoisotopic (exact) mass is 733 g/mol. The fourth-order valence-corrected chi connectivity index (χ4v) is 8.00. The molecule has 0 N–H and O–H groups in total. The highest BCUT2D eigenvalue weighted by molar-refractivity contribution is 6.17. The lowest BCUT2D eigenvalue weighted by molar-refractivity contribution is 0.663. The Labute approximate surface area is 323 Å². The van der Waals surface area contributed by atoms with E-state index in [1.165, 1.54) is 0 Å². The van der Waals surface area contributed by atoms with E-state index >= 15 is 0 Å². The van der Waals surface area contributed by atoms with Crippen LogP contribution in [0.25, 0.3) is 123 Å². The van der Waals surface area contributed by atoms with E-state index in [1.807, 2.05) is 152 Å². The van der Waals surface area contributed by atoms with E-state index in [9.17, 15) is 0 Å². The van der Waals surface area contributed by atoms with E-state index in [0.717, 1.165) is 77.0 Å². The molecule has 0 fully saturated rings. The number of hydrogen-bond acceptors (Lipinski definition) is 8. The van der Waals surface area contributed by atoms with E-state index in [2.05, 4.69) is 12.1 Å². The van der Waals surface area contributed by atoms with Crippen molar-refractivity contribution in [3.05, 3.63) is 164 Å². The zero-order chi connectivity index (χ0) is 37.5. The second-order valence-corrected chi connectivity index (χ2v) is 14.0. The van der Waals surface area contributed by atoms with Gasteiger partial charge in [-0.05, 0) is 36.4 Å². The van der Waals surface area contributed by atoms with Crippen LogP contribution in [0.3, 0.4) is 0 Å². The first-order valence-electron chi connectivity index (χ1n) is 18.7. The Hall–Kier alpha value is -7.97. The number of fused-ring (bicyclic) bond motifs is 9. The van der Waals surface area contributed by atoms with Gasteiger partial charge in [-0.25, -0.2) is 24.9 Å². The third-order valence-electron chi connectivity index (χ3n) is 10.6. The molecule has 0 saturated carbocycles. The molecule has 0 aliphatic heterocycles. The maximum absolute atomic E-state index is 6.81. The zero-order valence-corrected chi connectivity index (χ0v) is 30.0. The molecule has 0 atom stereocenters. The average Bonchev–Trinajstić information content (AvgIpc) is 3.98. The second kappa shape index (κ2) is 12.3. The summed E-state index contributed by atoms with van der Waals surface area (Å²) in [4.78, 5) is 25.6. The van der Waals surface area contributed by atoms with Crippen LogP contribution in [0.5, 0.6) is 0 Å². The van der Waals surface area contributed by atoms with Gasteiger partial charge in [0.1, 0.15) is 39.1 Å². The SMILES string of the molecule is c1ccc(-c2nc(-c3cccc4oc5ccccc5c34)nc(-c3cccc4oc5c(-c6nc(-c7ccccc7)nc7c6oc6ccccc67)cccc5c34)n2)cc1. The number of hydrogen-bond donors (Lipinski definition) is 0. The van der Waals surface area contributed by atoms with Gasteiger partial charge in [0.2, 0.25) is 0 Å². The standard InChI is InChI=1S/C49H27N5O3/c1-3-14-28(15-4-1)46-50-42-31-19-8-10-25-37(31)56-45(42)43(51-46)35-23-11-20-32-41-34(22-13-27-39(41)57-44(32)35)49-53-47(29-16-5-2-6-17-29)52-48(54-49)33-21-12-26-38-40(33)30-18-7-9-24-36(30)55-38/h1-27H. The van der Waals surface area contributed by atoms with Crippen LogP contribution >= 0.6 is 0 Å². The molecule has 57 heavy (non-hydrogen) atoms. The van der Waals surface area contributed by atoms with Crippen molar-refractivity contribution in [2.75, 3.05) is 0 Å². The molecule has 0 aliphatic carbocycles. The molecule has 266 valence electrons. The van der Waals surface area contributed by atoms with Crippen LogP contribution in [-0.2, 0) is 0 Å². The Morgan fingerprint density at radius 1 is 0.298 bits per heavy atom. The van der Waals surface area contributed by atoms with Crippen LogP contribution in [0.2, 0.25) is 0 Å². The molecular formula is C49H27N5O3. The van der Waals surface area contributed by atoms with E-state index in [4.69, 9.17) is 38.2 Å². The molecule has 0 saturated heterocycles. The van der Waals surface area contributed by atoms with Crippen LogP contribution in [0.1, 0.15) is 0 Å². The predicted molar refractivity (Wildman–Crippen MR) is 224 cm³/mol. The predicted octanol–water partition coefficient (Wildman–Crippen LogP) is 12.7. The fraction of sp³-hybridized carbons (Fsp3) is 0. The molecule has 12 rings (SSSR count). The molecule has 0 radical (unpaired) electrons. The minimum absolute atomic E-state index is 0.524. The van der Waals surface area contributed by atoms with Crippen molar-refractivity contribution < 1.29 is 13.3 Å². The molecule has 7 aromatic carbocycles. The number of aromatic nitrogens is 5. The summed E-state index contributed by atoms with van der Waals surface area (Å²) in [5.41, 5.74) is 9.93. The largest absolute Gasteiger partial charge is 0.456 e. The summed E-state index contributed by atoms with van der Waals surface area (Å²) >= 11 is 0. The van der Waals surface area contributed by atoms with Gasteiger partial charge in [-0.3, -0.25) is 0 Å². The molecule has 0 aliphatic rings. The first-order chi connectivity index (χ1) is 28.2. The van der Waals surface area contributed by atoms with Gasteiger partial charge in [-0.2, -0.15) is 0 Å². The smallest absolute Gasteiger partial charge is 0.180 e. The molecule has 5 aromatic heterocycles. The maximum Gasteiger partial charge on any atom is 0.180 e. The molecule has 8 heteroatoms. The minimum atomic E-state index is 0.524. The van der Waals surface area contributed by atoms with Gasteiger partial charge in [0.25, 0.3) is 0 Å². The fourth-order valence-electron chi connectivity index (χ4n) is 8.00. The van der Waals surface area contributed by atoms with Crippen LogP contribution in [0.4, 0.5) is 0 Å². The van der Waals surface area contributed by atoms with Gasteiger partial charge in [0.15, 0.2) is 28.9 Å². The summed E-state index contributed by atoms with van der Waals surface area (Å²) in [6, 6.07) is 54.1. The Morgan fingerprint density at radius 3 is 1.47 bits per heavy atom. The third-order valence-corrected chi connectivity index (χ3v) is 10.6. The van der Waals surface area contributed by atoms with Crippen LogP contribution in [0, 0.1) is 0 Å². The first kappa shape index (κ1) is 31.4. The summed E-state index contributed by atoms with van der Waals surface area (Å²) in [6.45, 7) is 0. The van der Waals surface area contributed by atoms with Gasteiger partial charge in [-0.1, -0.05) is 127 Å². The first-order valence-corrected chi connectivity index (χ1v) is 18.7. The Balaban J connectivity index is 1.11. The lowest BCUT2D eigenvalue weighted by Crippen LogP contribution is -2.00. The van der Waals surface area contributed by atoms with Crippen molar-refractivity contribution in [2.24, 2.45) is 0 Å². The summed E-state index contributed by atoms with van der Waals surface area (Å²) in [6.07, 6.45) is 0. The lowest BCUT2D eigenvalue weighted by atomic mass is 10.0. The molecule has 0 spiro atoms. The highest BCUT2D eigenvalue weighted by Gasteiger charge is 2.24. The molecule has 0 amide bonds. The third kappa shape index (κ3) is 4.91. The number of benzene rings is 7.